The van der Waals surface area contributed by atoms with Crippen LogP contribution in [0, 0.1) is 12.3 Å². The Labute approximate surface area is 105 Å². The molecule has 0 N–H and O–H groups in total. The molecule has 0 aliphatic carbocycles. The number of esters is 1. The van der Waals surface area contributed by atoms with E-state index in [1.165, 1.54) is 6.92 Å². The molecule has 4 atom stereocenters. The molecule has 0 aromatic rings. The van der Waals surface area contributed by atoms with Crippen molar-refractivity contribution in [1.82, 2.24) is 0 Å². The van der Waals surface area contributed by atoms with Gasteiger partial charge in [0.15, 0.2) is 6.29 Å². The van der Waals surface area contributed by atoms with E-state index in [-0.39, 0.29) is 6.61 Å². The lowest BCUT2D eigenvalue weighted by atomic mass is 10.0. The number of terminal acetylenes is 1. The van der Waals surface area contributed by atoms with Crippen molar-refractivity contribution in [2.45, 2.75) is 44.8 Å². The highest BCUT2D eigenvalue weighted by molar-refractivity contribution is 5.66. The van der Waals surface area contributed by atoms with E-state index < -0.39 is 30.5 Å². The monoisotopic (exact) mass is 253 g/mol. The third-order valence-corrected chi connectivity index (χ3v) is 2.50. The smallest absolute Gasteiger partial charge is 0.303 e. The summed E-state index contributed by atoms with van der Waals surface area (Å²) in [5.74, 6) is 1.88. The average Bonchev–Trinajstić information content (AvgIpc) is 2.31. The van der Waals surface area contributed by atoms with Gasteiger partial charge in [-0.1, -0.05) is 11.0 Å². The quantitative estimate of drug-likeness (QED) is 0.249. The molecule has 0 amide bonds. The highest BCUT2D eigenvalue weighted by Crippen LogP contribution is 2.26. The van der Waals surface area contributed by atoms with Crippen LogP contribution in [0.1, 0.15) is 20.3 Å². The summed E-state index contributed by atoms with van der Waals surface area (Å²) in [5.41, 5.74) is 8.52. The predicted molar refractivity (Wildman–Crippen MR) is 62.2 cm³/mol. The van der Waals surface area contributed by atoms with Crippen LogP contribution in [0.4, 0.5) is 0 Å². The second-order valence-corrected chi connectivity index (χ2v) is 3.87. The molecule has 7 nitrogen and oxygen atoms in total. The van der Waals surface area contributed by atoms with Crippen LogP contribution in [0.5, 0.6) is 0 Å². The Kier molecular flexibility index (Phi) is 5.46. The van der Waals surface area contributed by atoms with Gasteiger partial charge >= 0.3 is 5.97 Å². The Balaban J connectivity index is 2.73. The van der Waals surface area contributed by atoms with Crippen LogP contribution in [-0.2, 0) is 19.0 Å². The van der Waals surface area contributed by atoms with Crippen molar-refractivity contribution in [1.29, 1.82) is 0 Å². The summed E-state index contributed by atoms with van der Waals surface area (Å²) >= 11 is 0. The molecule has 1 rings (SSSR count). The summed E-state index contributed by atoms with van der Waals surface area (Å²) in [5, 5.41) is 3.62. The molecule has 1 heterocycles. The molecule has 0 spiro atoms. The third kappa shape index (κ3) is 3.93. The molecule has 0 aromatic carbocycles. The minimum atomic E-state index is -0.607. The van der Waals surface area contributed by atoms with E-state index in [0.29, 0.717) is 6.42 Å². The van der Waals surface area contributed by atoms with Gasteiger partial charge in [-0.05, 0) is 12.5 Å². The van der Waals surface area contributed by atoms with Crippen molar-refractivity contribution in [2.24, 2.45) is 5.11 Å². The first-order chi connectivity index (χ1) is 8.58. The van der Waals surface area contributed by atoms with Crippen molar-refractivity contribution in [3.05, 3.63) is 10.4 Å². The maximum atomic E-state index is 11.0. The van der Waals surface area contributed by atoms with Crippen molar-refractivity contribution < 1.29 is 19.0 Å². The number of hydrogen-bond acceptors (Lipinski definition) is 5. The van der Waals surface area contributed by atoms with Crippen LogP contribution in [0.25, 0.3) is 10.4 Å². The zero-order valence-electron chi connectivity index (χ0n) is 10.3. The van der Waals surface area contributed by atoms with Crippen molar-refractivity contribution >= 4 is 5.97 Å². The Hall–Kier alpha value is -1.74. The molecule has 98 valence electrons. The number of nitrogens with zero attached hydrogens (tertiary/aromatic N) is 3. The standard InChI is InChI=1S/C11H15N3O4/c1-4-5-16-10-6-9(13-14-12)11(7(2)17-10)18-8(3)15/h1,7,9-11H,5-6H2,2-3H3/t7-,9-,10+,11-/m0/s1. The van der Waals surface area contributed by atoms with Gasteiger partial charge in [0.25, 0.3) is 0 Å². The van der Waals surface area contributed by atoms with E-state index in [1.807, 2.05) is 0 Å². The lowest BCUT2D eigenvalue weighted by Crippen LogP contribution is -2.48. The summed E-state index contributed by atoms with van der Waals surface area (Å²) < 4.78 is 15.8. The Bertz CT molecular complexity index is 386. The van der Waals surface area contributed by atoms with Gasteiger partial charge in [0, 0.05) is 18.3 Å². The lowest BCUT2D eigenvalue weighted by Gasteiger charge is -2.37. The number of azide groups is 1. The van der Waals surface area contributed by atoms with Crippen molar-refractivity contribution in [3.8, 4) is 12.3 Å². The molecule has 18 heavy (non-hydrogen) atoms. The Morgan fingerprint density at radius 1 is 1.72 bits per heavy atom. The van der Waals surface area contributed by atoms with Gasteiger partial charge < -0.3 is 14.2 Å². The maximum Gasteiger partial charge on any atom is 0.303 e. The highest BCUT2D eigenvalue weighted by Gasteiger charge is 2.38. The number of carbonyl (C=O) groups is 1. The zero-order valence-corrected chi connectivity index (χ0v) is 10.3. The van der Waals surface area contributed by atoms with Gasteiger partial charge in [0.1, 0.15) is 12.7 Å². The van der Waals surface area contributed by atoms with Crippen LogP contribution in [0.2, 0.25) is 0 Å². The fraction of sp³-hybridized carbons (Fsp3) is 0.727. The van der Waals surface area contributed by atoms with Crippen LogP contribution in [-0.4, -0.2) is 37.1 Å². The molecular weight excluding hydrogens is 238 g/mol. The van der Waals surface area contributed by atoms with Crippen LogP contribution in [0.3, 0.4) is 0 Å². The van der Waals surface area contributed by atoms with E-state index in [1.54, 1.807) is 6.92 Å². The largest absolute Gasteiger partial charge is 0.459 e. The summed E-state index contributed by atoms with van der Waals surface area (Å²) in [7, 11) is 0. The van der Waals surface area contributed by atoms with Gasteiger partial charge in [0.2, 0.25) is 0 Å². The van der Waals surface area contributed by atoms with E-state index in [9.17, 15) is 4.79 Å². The fourth-order valence-electron chi connectivity index (χ4n) is 1.81. The molecule has 0 bridgehead atoms. The lowest BCUT2D eigenvalue weighted by molar-refractivity contribution is -0.225. The minimum absolute atomic E-state index is 0.110. The molecular formula is C11H15N3O4. The molecule has 1 aliphatic rings. The summed E-state index contributed by atoms with van der Waals surface area (Å²) in [4.78, 5) is 13.7. The molecule has 0 aromatic heterocycles. The third-order valence-electron chi connectivity index (χ3n) is 2.50. The number of ether oxygens (including phenoxy) is 3. The SMILES string of the molecule is C#CCO[C@H]1C[C@H](N=[N+]=[N-])[C@@H](OC(C)=O)[C@H](C)O1. The first kappa shape index (κ1) is 14.3. The molecule has 0 radical (unpaired) electrons. The van der Waals surface area contributed by atoms with Gasteiger partial charge in [-0.3, -0.25) is 4.79 Å². The molecule has 1 aliphatic heterocycles. The van der Waals surface area contributed by atoms with Crippen LogP contribution < -0.4 is 0 Å². The van der Waals surface area contributed by atoms with Crippen LogP contribution >= 0.6 is 0 Å². The van der Waals surface area contributed by atoms with E-state index in [0.717, 1.165) is 0 Å². The number of carbonyl (C=O) groups excluding carboxylic acids is 1. The minimum Gasteiger partial charge on any atom is -0.459 e. The van der Waals surface area contributed by atoms with Gasteiger partial charge in [-0.25, -0.2) is 0 Å². The number of rotatable bonds is 4. The van der Waals surface area contributed by atoms with Crippen molar-refractivity contribution in [2.75, 3.05) is 6.61 Å². The Morgan fingerprint density at radius 3 is 3.00 bits per heavy atom. The van der Waals surface area contributed by atoms with Gasteiger partial charge in [-0.15, -0.1) is 6.42 Å². The van der Waals surface area contributed by atoms with Crippen molar-refractivity contribution in [3.63, 3.8) is 0 Å². The van der Waals surface area contributed by atoms with E-state index in [2.05, 4.69) is 15.9 Å². The van der Waals surface area contributed by atoms with Gasteiger partial charge in [-0.2, -0.15) is 0 Å². The molecule has 7 heteroatoms. The van der Waals surface area contributed by atoms with E-state index >= 15 is 0 Å². The maximum absolute atomic E-state index is 11.0. The molecule has 0 unspecified atom stereocenters. The normalized spacial score (nSPS) is 30.9. The topological polar surface area (TPSA) is 93.5 Å². The van der Waals surface area contributed by atoms with E-state index in [4.69, 9.17) is 26.2 Å². The summed E-state index contributed by atoms with van der Waals surface area (Å²) in [6.45, 7) is 3.12. The fourth-order valence-corrected chi connectivity index (χ4v) is 1.81. The molecule has 1 saturated heterocycles. The first-order valence-electron chi connectivity index (χ1n) is 5.50. The number of hydrogen-bond donors (Lipinski definition) is 0. The highest BCUT2D eigenvalue weighted by atomic mass is 16.7. The molecule has 0 saturated carbocycles. The Morgan fingerprint density at radius 2 is 2.44 bits per heavy atom. The van der Waals surface area contributed by atoms with Gasteiger partial charge in [0.05, 0.1) is 12.1 Å². The zero-order chi connectivity index (χ0) is 13.5. The predicted octanol–water partition coefficient (Wildman–Crippen LogP) is 1.38. The summed E-state index contributed by atoms with van der Waals surface area (Å²) in [6, 6.07) is -0.523. The van der Waals surface area contributed by atoms with Crippen LogP contribution in [0.15, 0.2) is 5.11 Å². The summed E-state index contributed by atoms with van der Waals surface area (Å²) in [6.07, 6.45) is 3.79. The molecule has 1 fully saturated rings. The average molecular weight is 253 g/mol. The second kappa shape index (κ2) is 6.87. The first-order valence-corrected chi connectivity index (χ1v) is 5.50. The second-order valence-electron chi connectivity index (χ2n) is 3.87.